The summed E-state index contributed by atoms with van der Waals surface area (Å²) in [5, 5.41) is 15.4. The van der Waals surface area contributed by atoms with Gasteiger partial charge in [0.25, 0.3) is 11.8 Å². The van der Waals surface area contributed by atoms with Gasteiger partial charge in [0.2, 0.25) is 11.8 Å². The molecular formula is C20H19FN6O8S. The summed E-state index contributed by atoms with van der Waals surface area (Å²) < 4.78 is 41.4. The summed E-state index contributed by atoms with van der Waals surface area (Å²) in [7, 11) is -3.17. The van der Waals surface area contributed by atoms with Crippen molar-refractivity contribution in [2.24, 2.45) is 0 Å². The second kappa shape index (κ2) is 8.95. The van der Waals surface area contributed by atoms with Gasteiger partial charge >= 0.3 is 16.2 Å². The van der Waals surface area contributed by atoms with Crippen molar-refractivity contribution in [1.82, 2.24) is 25.8 Å². The number of carbonyl (C=O) groups excluding carboxylic acids is 5. The maximum absolute atomic E-state index is 15.2. The highest BCUT2D eigenvalue weighted by Gasteiger charge is 2.38. The van der Waals surface area contributed by atoms with E-state index in [2.05, 4.69) is 16.1 Å². The van der Waals surface area contributed by atoms with Crippen LogP contribution < -0.4 is 25.1 Å². The summed E-state index contributed by atoms with van der Waals surface area (Å²) >= 11 is 0. The van der Waals surface area contributed by atoms with E-state index in [1.807, 2.05) is 0 Å². The molecule has 2 aliphatic heterocycles. The minimum absolute atomic E-state index is 0.0351. The molecule has 5 N–H and O–H groups in total. The van der Waals surface area contributed by atoms with E-state index in [-0.39, 0.29) is 29.2 Å². The summed E-state index contributed by atoms with van der Waals surface area (Å²) in [4.78, 5) is 59.4. The number of phenols is 1. The zero-order valence-electron chi connectivity index (χ0n) is 18.5. The van der Waals surface area contributed by atoms with Gasteiger partial charge in [-0.1, -0.05) is 6.07 Å². The second-order valence-electron chi connectivity index (χ2n) is 7.98. The van der Waals surface area contributed by atoms with Crippen molar-refractivity contribution < 1.29 is 41.9 Å². The Morgan fingerprint density at radius 1 is 1.19 bits per heavy atom. The molecule has 0 bridgehead atoms. The lowest BCUT2D eigenvalue weighted by atomic mass is 10.0. The molecule has 0 aliphatic carbocycles. The first kappa shape index (κ1) is 24.6. The van der Waals surface area contributed by atoms with Crippen LogP contribution in [0.1, 0.15) is 23.2 Å². The number of hydrogen-bond donors (Lipinski definition) is 5. The molecule has 36 heavy (non-hydrogen) atoms. The summed E-state index contributed by atoms with van der Waals surface area (Å²) in [6.07, 6.45) is 0.147. The van der Waals surface area contributed by atoms with E-state index in [4.69, 9.17) is 0 Å². The number of amides is 6. The highest BCUT2D eigenvalue weighted by molar-refractivity contribution is 7.92. The van der Waals surface area contributed by atoms with Gasteiger partial charge in [-0.25, -0.2) is 23.2 Å². The molecule has 16 heteroatoms. The molecule has 2 saturated heterocycles. The molecule has 6 amide bonds. The number of anilines is 1. The molecular weight excluding hydrogens is 503 g/mol. The van der Waals surface area contributed by atoms with Gasteiger partial charge in [-0.05, 0) is 30.0 Å². The van der Waals surface area contributed by atoms with Crippen molar-refractivity contribution in [3.63, 3.8) is 0 Å². The number of phenolic OH excluding ortho intramolecular Hbond substituents is 1. The van der Waals surface area contributed by atoms with Crippen molar-refractivity contribution in [2.75, 3.05) is 17.9 Å². The summed E-state index contributed by atoms with van der Waals surface area (Å²) in [5.41, 5.74) is 1.51. The van der Waals surface area contributed by atoms with Crippen LogP contribution in [0.4, 0.5) is 14.9 Å². The van der Waals surface area contributed by atoms with E-state index in [0.717, 1.165) is 11.1 Å². The van der Waals surface area contributed by atoms with E-state index >= 15 is 4.39 Å². The van der Waals surface area contributed by atoms with Gasteiger partial charge in [-0.2, -0.15) is 8.42 Å². The lowest BCUT2D eigenvalue weighted by Crippen LogP contribution is -2.57. The Kier molecular flexibility index (Phi) is 6.13. The number of halogens is 1. The van der Waals surface area contributed by atoms with Gasteiger partial charge in [0.1, 0.15) is 24.0 Å². The number of urea groups is 1. The topological polar surface area (TPSA) is 194 Å². The fraction of sp³-hybridized carbons (Fsp3) is 0.250. The molecule has 0 radical (unpaired) electrons. The molecule has 14 nitrogen and oxygen atoms in total. The third-order valence-electron chi connectivity index (χ3n) is 5.47. The van der Waals surface area contributed by atoms with E-state index in [0.29, 0.717) is 4.31 Å². The largest absolute Gasteiger partial charge is 0.506 e. The maximum Gasteiger partial charge on any atom is 0.336 e. The number of rotatable bonds is 3. The van der Waals surface area contributed by atoms with Gasteiger partial charge in [0.05, 0.1) is 0 Å². The van der Waals surface area contributed by atoms with E-state index in [1.165, 1.54) is 25.2 Å². The summed E-state index contributed by atoms with van der Waals surface area (Å²) in [6, 6.07) is 2.81. The number of hydrazine groups is 1. The highest BCUT2D eigenvalue weighted by atomic mass is 32.2. The van der Waals surface area contributed by atoms with Crippen LogP contribution in [0.5, 0.6) is 5.75 Å². The lowest BCUT2D eigenvalue weighted by molar-refractivity contribution is -0.134. The zero-order chi connectivity index (χ0) is 26.4. The first-order valence-corrected chi connectivity index (χ1v) is 11.8. The van der Waals surface area contributed by atoms with Gasteiger partial charge in [-0.3, -0.25) is 29.9 Å². The van der Waals surface area contributed by atoms with Gasteiger partial charge in [0, 0.05) is 24.4 Å². The lowest BCUT2D eigenvalue weighted by Gasteiger charge is -2.25. The van der Waals surface area contributed by atoms with Crippen LogP contribution in [0.3, 0.4) is 0 Å². The van der Waals surface area contributed by atoms with Crippen LogP contribution >= 0.6 is 0 Å². The predicted molar refractivity (Wildman–Crippen MR) is 120 cm³/mol. The third kappa shape index (κ3) is 4.57. The maximum atomic E-state index is 15.2. The average molecular weight is 522 g/mol. The molecule has 4 rings (SSSR count). The molecule has 0 saturated carbocycles. The van der Waals surface area contributed by atoms with E-state index in [9.17, 15) is 37.5 Å². The average Bonchev–Trinajstić information content (AvgIpc) is 3.06. The summed E-state index contributed by atoms with van der Waals surface area (Å²) in [5.74, 6) is -4.72. The fourth-order valence-corrected chi connectivity index (χ4v) is 4.87. The molecule has 2 fully saturated rings. The molecule has 0 aromatic heterocycles. The zero-order valence-corrected chi connectivity index (χ0v) is 19.3. The van der Waals surface area contributed by atoms with Crippen molar-refractivity contribution >= 4 is 56.3 Å². The minimum atomic E-state index is -4.38. The quantitative estimate of drug-likeness (QED) is 0.249. The number of piperidine rings is 1. The Bertz CT molecular complexity index is 1450. The molecule has 190 valence electrons. The molecule has 2 aliphatic rings. The minimum Gasteiger partial charge on any atom is -0.506 e. The second-order valence-corrected chi connectivity index (χ2v) is 9.58. The molecule has 1 unspecified atom stereocenters. The number of aromatic hydroxyl groups is 1. The molecule has 0 spiro atoms. The number of fused-ring (bicyclic) bond motifs is 1. The SMILES string of the molecule is CN(NC(=O)c1ccc2c(F)c(N3CC(=O)NS3(=O)=O)c(O)cc2c1)C(=O)NC1CCC(=O)NC1=O. The predicted octanol–water partition coefficient (Wildman–Crippen LogP) is -1.04. The first-order valence-electron chi connectivity index (χ1n) is 10.3. The van der Waals surface area contributed by atoms with E-state index in [1.54, 1.807) is 4.72 Å². The number of nitrogens with one attached hydrogen (secondary N) is 4. The Balaban J connectivity index is 1.52. The van der Waals surface area contributed by atoms with E-state index < -0.39 is 69.7 Å². The third-order valence-corrected chi connectivity index (χ3v) is 6.85. The van der Waals surface area contributed by atoms with Crippen molar-refractivity contribution in [3.05, 3.63) is 35.6 Å². The van der Waals surface area contributed by atoms with Crippen LogP contribution in [0.2, 0.25) is 0 Å². The van der Waals surface area contributed by atoms with Crippen molar-refractivity contribution in [2.45, 2.75) is 18.9 Å². The molecule has 1 atom stereocenters. The standard InChI is InChI=1S/C20H19FN6O8S/c1-26(20(33)22-12-4-5-14(29)23-19(12)32)24-18(31)9-2-3-11-10(6-9)7-13(28)17(16(11)21)27-8-15(30)25-36(27,34)35/h2-3,6-7,12,28H,4-5,8H2,1H3,(H,22,33)(H,24,31)(H,25,30)(H,23,29,32). The van der Waals surface area contributed by atoms with Crippen molar-refractivity contribution in [1.29, 1.82) is 0 Å². The Labute approximate surface area is 202 Å². The van der Waals surface area contributed by atoms with Crippen LogP contribution in [0, 0.1) is 5.82 Å². The summed E-state index contributed by atoms with van der Waals surface area (Å²) in [6.45, 7) is -0.716. The van der Waals surface area contributed by atoms with Gasteiger partial charge < -0.3 is 10.4 Å². The van der Waals surface area contributed by atoms with Gasteiger partial charge in [0.15, 0.2) is 5.82 Å². The monoisotopic (exact) mass is 522 g/mol. The normalized spacial score (nSPS) is 19.0. The highest BCUT2D eigenvalue weighted by Crippen LogP contribution is 2.38. The number of hydrogen-bond acceptors (Lipinski definition) is 8. The van der Waals surface area contributed by atoms with Crippen LogP contribution in [0.15, 0.2) is 24.3 Å². The smallest absolute Gasteiger partial charge is 0.336 e. The fourth-order valence-electron chi connectivity index (χ4n) is 3.71. The van der Waals surface area contributed by atoms with Crippen LogP contribution in [-0.2, 0) is 24.6 Å². The number of imide groups is 1. The number of benzene rings is 2. The van der Waals surface area contributed by atoms with Crippen LogP contribution in [-0.4, -0.2) is 67.8 Å². The molecule has 2 heterocycles. The Morgan fingerprint density at radius 2 is 1.92 bits per heavy atom. The Hall–Kier alpha value is -4.47. The van der Waals surface area contributed by atoms with Gasteiger partial charge in [-0.15, -0.1) is 0 Å². The number of carbonyl (C=O) groups is 5. The molecule has 2 aromatic rings. The number of nitrogens with zero attached hydrogens (tertiary/aromatic N) is 2. The van der Waals surface area contributed by atoms with Crippen LogP contribution in [0.25, 0.3) is 10.8 Å². The Morgan fingerprint density at radius 3 is 2.56 bits per heavy atom. The van der Waals surface area contributed by atoms with Crippen molar-refractivity contribution in [3.8, 4) is 5.75 Å². The molecule has 2 aromatic carbocycles. The first-order chi connectivity index (χ1) is 16.9.